The predicted molar refractivity (Wildman–Crippen MR) is 140 cm³/mol. The van der Waals surface area contributed by atoms with Gasteiger partial charge in [0.05, 0.1) is 10.7 Å². The van der Waals surface area contributed by atoms with Gasteiger partial charge >= 0.3 is 0 Å². The van der Waals surface area contributed by atoms with Gasteiger partial charge in [-0.25, -0.2) is 9.37 Å². The molecular formula is C28H28ClFN4O3. The number of ether oxygens (including phenoxy) is 1. The van der Waals surface area contributed by atoms with E-state index in [1.54, 1.807) is 24.1 Å². The van der Waals surface area contributed by atoms with Crippen LogP contribution in [0.2, 0.25) is 0 Å². The van der Waals surface area contributed by atoms with Gasteiger partial charge in [0, 0.05) is 50.4 Å². The van der Waals surface area contributed by atoms with E-state index >= 15 is 0 Å². The van der Waals surface area contributed by atoms with Crippen LogP contribution in [0.4, 0.5) is 10.1 Å². The first kappa shape index (κ1) is 24.0. The monoisotopic (exact) mass is 522 g/mol. The molecule has 37 heavy (non-hydrogen) atoms. The van der Waals surface area contributed by atoms with E-state index in [4.69, 9.17) is 20.8 Å². The molecule has 0 saturated heterocycles. The Labute approximate surface area is 219 Å². The first-order valence-corrected chi connectivity index (χ1v) is 13.0. The molecule has 1 saturated carbocycles. The second-order valence-electron chi connectivity index (χ2n) is 9.81. The molecule has 3 aromatic rings. The summed E-state index contributed by atoms with van der Waals surface area (Å²) in [4.78, 5) is 21.4. The van der Waals surface area contributed by atoms with Gasteiger partial charge in [0.15, 0.2) is 11.5 Å². The zero-order valence-electron chi connectivity index (χ0n) is 20.5. The molecule has 1 aromatic heterocycles. The molecule has 3 heterocycles. The number of allylic oxidation sites excluding steroid dienone is 1. The average Bonchev–Trinajstić information content (AvgIpc) is 3.67. The molecule has 0 radical (unpaired) electrons. The Hall–Kier alpha value is -3.36. The van der Waals surface area contributed by atoms with Crippen LogP contribution in [0.1, 0.15) is 36.6 Å². The van der Waals surface area contributed by atoms with Crippen molar-refractivity contribution >= 4 is 34.3 Å². The number of carbonyl (C=O) groups is 1. The number of hydrogen-bond acceptors (Lipinski definition) is 6. The van der Waals surface area contributed by atoms with Crippen LogP contribution >= 0.6 is 11.6 Å². The molecule has 1 fully saturated rings. The molecule has 1 amide bonds. The molecule has 6 rings (SSSR count). The molecule has 9 heteroatoms. The van der Waals surface area contributed by atoms with E-state index in [-0.39, 0.29) is 18.3 Å². The van der Waals surface area contributed by atoms with Crippen LogP contribution in [0.3, 0.4) is 0 Å². The first-order chi connectivity index (χ1) is 18.0. The Bertz CT molecular complexity index is 1410. The second kappa shape index (κ2) is 9.84. The zero-order chi connectivity index (χ0) is 25.5. The third kappa shape index (κ3) is 4.95. The molecule has 3 aliphatic rings. The fraction of sp³-hybridized carbons (Fsp3) is 0.357. The lowest BCUT2D eigenvalue weighted by molar-refractivity contribution is -0.120. The summed E-state index contributed by atoms with van der Waals surface area (Å²) < 4.78 is 25.9. The highest BCUT2D eigenvalue weighted by Crippen LogP contribution is 2.42. The number of amides is 1. The van der Waals surface area contributed by atoms with Gasteiger partial charge in [0.1, 0.15) is 29.7 Å². The topological polar surface area (TPSA) is 70.8 Å². The minimum absolute atomic E-state index is 0.0701. The normalized spacial score (nSPS) is 19.9. The molecule has 0 bridgehead atoms. The Balaban J connectivity index is 1.06. The number of benzene rings is 2. The van der Waals surface area contributed by atoms with Crippen LogP contribution in [0.25, 0.3) is 11.1 Å². The number of oxazole rings is 1. The van der Waals surface area contributed by atoms with Gasteiger partial charge in [0.25, 0.3) is 0 Å². The van der Waals surface area contributed by atoms with E-state index in [0.29, 0.717) is 59.6 Å². The van der Waals surface area contributed by atoms with Crippen LogP contribution in [0.5, 0.6) is 5.75 Å². The van der Waals surface area contributed by atoms with Crippen molar-refractivity contribution in [3.8, 4) is 5.75 Å². The number of fused-ring (bicyclic) bond motifs is 2. The molecule has 1 aliphatic carbocycles. The Morgan fingerprint density at radius 3 is 2.86 bits per heavy atom. The molecule has 2 aromatic carbocycles. The van der Waals surface area contributed by atoms with E-state index in [1.165, 1.54) is 6.07 Å². The quantitative estimate of drug-likeness (QED) is 0.467. The van der Waals surface area contributed by atoms with E-state index in [0.717, 1.165) is 29.8 Å². The number of hydrogen-bond donors (Lipinski definition) is 1. The molecule has 7 nitrogen and oxygen atoms in total. The molecular weight excluding hydrogens is 495 g/mol. The lowest BCUT2D eigenvalue weighted by Gasteiger charge is -2.25. The summed E-state index contributed by atoms with van der Waals surface area (Å²) in [6.07, 6.45) is 6.78. The van der Waals surface area contributed by atoms with E-state index in [9.17, 15) is 9.18 Å². The average molecular weight is 523 g/mol. The Morgan fingerprint density at radius 1 is 1.24 bits per heavy atom. The van der Waals surface area contributed by atoms with Gasteiger partial charge in [-0.2, -0.15) is 0 Å². The molecule has 1 N–H and O–H groups in total. The van der Waals surface area contributed by atoms with Crippen LogP contribution in [-0.4, -0.2) is 48.6 Å². The molecule has 0 unspecified atom stereocenters. The van der Waals surface area contributed by atoms with Crippen molar-refractivity contribution in [3.63, 3.8) is 0 Å². The van der Waals surface area contributed by atoms with Gasteiger partial charge in [-0.15, -0.1) is 0 Å². The fourth-order valence-corrected chi connectivity index (χ4v) is 5.08. The van der Waals surface area contributed by atoms with Crippen LogP contribution in [0.15, 0.2) is 63.7 Å². The van der Waals surface area contributed by atoms with Crippen molar-refractivity contribution in [1.29, 1.82) is 0 Å². The Morgan fingerprint density at radius 2 is 2.08 bits per heavy atom. The van der Waals surface area contributed by atoms with Gasteiger partial charge in [-0.3, -0.25) is 4.79 Å². The largest absolute Gasteiger partial charge is 0.489 e. The smallest absolute Gasteiger partial charge is 0.247 e. The summed E-state index contributed by atoms with van der Waals surface area (Å²) in [5.41, 5.74) is 3.74. The van der Waals surface area contributed by atoms with Crippen molar-refractivity contribution in [1.82, 2.24) is 15.2 Å². The van der Waals surface area contributed by atoms with Crippen LogP contribution in [-0.2, 0) is 11.3 Å². The SMILES string of the molecule is CN1C(=O)[C@@H](NCCC2=CCN(Cc3ccccc3F)C=C2Cl)COc2cc3oc(C4CC4)nc3cc21. The summed E-state index contributed by atoms with van der Waals surface area (Å²) in [5, 5.41) is 3.95. The van der Waals surface area contributed by atoms with Crippen LogP contribution in [0, 0.1) is 5.82 Å². The number of rotatable bonds is 7. The van der Waals surface area contributed by atoms with E-state index < -0.39 is 6.04 Å². The van der Waals surface area contributed by atoms with Crippen LogP contribution < -0.4 is 15.0 Å². The molecule has 192 valence electrons. The highest BCUT2D eigenvalue weighted by atomic mass is 35.5. The molecule has 0 spiro atoms. The number of anilines is 1. The van der Waals surface area contributed by atoms with E-state index in [2.05, 4.69) is 16.4 Å². The van der Waals surface area contributed by atoms with Crippen molar-refractivity contribution < 1.29 is 18.3 Å². The number of likely N-dealkylation sites (N-methyl/N-ethyl adjacent to an activating group) is 1. The highest BCUT2D eigenvalue weighted by Gasteiger charge is 2.32. The number of aromatic nitrogens is 1. The third-order valence-electron chi connectivity index (χ3n) is 7.10. The fourth-order valence-electron chi connectivity index (χ4n) is 4.77. The molecule has 1 atom stereocenters. The van der Waals surface area contributed by atoms with Gasteiger partial charge in [0.2, 0.25) is 5.91 Å². The second-order valence-corrected chi connectivity index (χ2v) is 10.2. The summed E-state index contributed by atoms with van der Waals surface area (Å²) in [5.74, 6) is 1.50. The lowest BCUT2D eigenvalue weighted by atomic mass is 10.1. The summed E-state index contributed by atoms with van der Waals surface area (Å²) in [7, 11) is 1.76. The standard InChI is InChI=1S/C28H28ClFN4O3/c1-33-24-12-22-25(37-27(32-22)18-6-7-18)13-26(24)36-16-23(28(33)35)31-10-8-17-9-11-34(15-20(17)29)14-19-4-2-3-5-21(19)30/h2-5,9,12-13,15,18,23,31H,6-8,10-11,14,16H2,1H3/t23-/m0/s1. The van der Waals surface area contributed by atoms with Crippen molar-refractivity contribution in [3.05, 3.63) is 76.6 Å². The summed E-state index contributed by atoms with van der Waals surface area (Å²) in [6, 6.07) is 9.96. The van der Waals surface area contributed by atoms with E-state index in [1.807, 2.05) is 29.3 Å². The maximum Gasteiger partial charge on any atom is 0.247 e. The van der Waals surface area contributed by atoms with Crippen molar-refractivity contribution in [2.24, 2.45) is 0 Å². The first-order valence-electron chi connectivity index (χ1n) is 12.6. The molecule has 2 aliphatic heterocycles. The predicted octanol–water partition coefficient (Wildman–Crippen LogP) is 5.07. The number of halogens is 2. The maximum atomic E-state index is 14.0. The minimum Gasteiger partial charge on any atom is -0.489 e. The lowest BCUT2D eigenvalue weighted by Crippen LogP contribution is -2.47. The summed E-state index contributed by atoms with van der Waals surface area (Å²) >= 11 is 6.53. The third-order valence-corrected chi connectivity index (χ3v) is 7.44. The van der Waals surface area contributed by atoms with Gasteiger partial charge in [-0.1, -0.05) is 35.9 Å². The maximum absolute atomic E-state index is 14.0. The van der Waals surface area contributed by atoms with Crippen molar-refractivity contribution in [2.45, 2.75) is 37.8 Å². The van der Waals surface area contributed by atoms with Gasteiger partial charge in [-0.05, 0) is 37.0 Å². The number of nitrogens with zero attached hydrogens (tertiary/aromatic N) is 3. The van der Waals surface area contributed by atoms with Gasteiger partial charge < -0.3 is 24.3 Å². The Kier molecular flexibility index (Phi) is 6.38. The summed E-state index contributed by atoms with van der Waals surface area (Å²) in [6.45, 7) is 1.86. The number of nitrogens with one attached hydrogen (secondary N) is 1. The highest BCUT2D eigenvalue weighted by molar-refractivity contribution is 6.32. The van der Waals surface area contributed by atoms with Crippen molar-refractivity contribution in [2.75, 3.05) is 31.6 Å². The number of carbonyl (C=O) groups excluding carboxylic acids is 1. The zero-order valence-corrected chi connectivity index (χ0v) is 21.3. The minimum atomic E-state index is -0.497.